The third-order valence-electron chi connectivity index (χ3n) is 2.38. The van der Waals surface area contributed by atoms with Crippen molar-refractivity contribution in [1.82, 2.24) is 10.2 Å². The number of amides is 1. The molecule has 0 saturated carbocycles. The lowest BCUT2D eigenvalue weighted by Crippen LogP contribution is -2.31. The van der Waals surface area contributed by atoms with Gasteiger partial charge in [-0.05, 0) is 46.4 Å². The van der Waals surface area contributed by atoms with E-state index in [0.717, 1.165) is 32.4 Å². The predicted molar refractivity (Wildman–Crippen MR) is 63.6 cm³/mol. The number of rotatable bonds is 8. The Labute approximate surface area is 93.2 Å². The number of nitrogens with two attached hydrogens (primary N) is 1. The van der Waals surface area contributed by atoms with Crippen molar-refractivity contribution >= 4 is 5.91 Å². The zero-order valence-corrected chi connectivity index (χ0v) is 10.3. The summed E-state index contributed by atoms with van der Waals surface area (Å²) in [4.78, 5) is 13.6. The van der Waals surface area contributed by atoms with E-state index in [1.165, 1.54) is 0 Å². The fourth-order valence-corrected chi connectivity index (χ4v) is 1.32. The number of hydrogen-bond acceptors (Lipinski definition) is 3. The fraction of sp³-hybridized carbons (Fsp3) is 0.909. The van der Waals surface area contributed by atoms with Gasteiger partial charge in [-0.25, -0.2) is 0 Å². The second-order valence-corrected chi connectivity index (χ2v) is 4.28. The number of nitrogens with zero attached hydrogens (tertiary/aromatic N) is 1. The van der Waals surface area contributed by atoms with Gasteiger partial charge in [-0.2, -0.15) is 0 Å². The lowest BCUT2D eigenvalue weighted by Gasteiger charge is -2.12. The van der Waals surface area contributed by atoms with Crippen LogP contribution < -0.4 is 11.1 Å². The molecule has 1 amide bonds. The monoisotopic (exact) mass is 215 g/mol. The van der Waals surface area contributed by atoms with E-state index in [0.29, 0.717) is 6.54 Å². The maximum absolute atomic E-state index is 11.5. The van der Waals surface area contributed by atoms with Gasteiger partial charge in [0, 0.05) is 12.5 Å². The van der Waals surface area contributed by atoms with Gasteiger partial charge in [0.05, 0.1) is 0 Å². The highest BCUT2D eigenvalue weighted by molar-refractivity contribution is 5.78. The van der Waals surface area contributed by atoms with Crippen LogP contribution in [0.1, 0.15) is 26.2 Å². The molecule has 0 heterocycles. The van der Waals surface area contributed by atoms with Crippen LogP contribution in [0.2, 0.25) is 0 Å². The first-order valence-corrected chi connectivity index (χ1v) is 5.70. The maximum atomic E-state index is 11.5. The van der Waals surface area contributed by atoms with E-state index in [2.05, 4.69) is 24.3 Å². The Balaban J connectivity index is 3.38. The fourth-order valence-electron chi connectivity index (χ4n) is 1.32. The Kier molecular flexibility index (Phi) is 8.33. The molecule has 0 aromatic carbocycles. The first-order chi connectivity index (χ1) is 7.07. The Bertz CT molecular complexity index is 171. The topological polar surface area (TPSA) is 58.4 Å². The van der Waals surface area contributed by atoms with Gasteiger partial charge >= 0.3 is 0 Å². The third kappa shape index (κ3) is 8.39. The number of carbonyl (C=O) groups excluding carboxylic acids is 1. The predicted octanol–water partition coefficient (Wildman–Crippen LogP) is 0.429. The summed E-state index contributed by atoms with van der Waals surface area (Å²) in [5, 5.41) is 2.93. The van der Waals surface area contributed by atoms with Crippen molar-refractivity contribution in [2.24, 2.45) is 11.7 Å². The largest absolute Gasteiger partial charge is 0.356 e. The van der Waals surface area contributed by atoms with Crippen molar-refractivity contribution in [3.63, 3.8) is 0 Å². The minimum absolute atomic E-state index is 0.0452. The van der Waals surface area contributed by atoms with Crippen molar-refractivity contribution in [3.05, 3.63) is 0 Å². The summed E-state index contributed by atoms with van der Waals surface area (Å²) in [5.74, 6) is 0.175. The molecule has 4 heteroatoms. The summed E-state index contributed by atoms with van der Waals surface area (Å²) in [7, 11) is 4.11. The van der Waals surface area contributed by atoms with Gasteiger partial charge in [0.25, 0.3) is 0 Å². The molecule has 0 fully saturated rings. The Morgan fingerprint density at radius 1 is 1.40 bits per heavy atom. The molecule has 4 nitrogen and oxygen atoms in total. The molecular formula is C11H25N3O. The summed E-state index contributed by atoms with van der Waals surface area (Å²) in [6, 6.07) is 0. The Hall–Kier alpha value is -0.610. The van der Waals surface area contributed by atoms with Crippen LogP contribution in [-0.4, -0.2) is 44.5 Å². The molecule has 0 aliphatic rings. The van der Waals surface area contributed by atoms with Crippen LogP contribution in [0.15, 0.2) is 0 Å². The van der Waals surface area contributed by atoms with Gasteiger partial charge in [0.15, 0.2) is 0 Å². The van der Waals surface area contributed by atoms with Crippen LogP contribution in [0.3, 0.4) is 0 Å². The average Bonchev–Trinajstić information content (AvgIpc) is 2.16. The van der Waals surface area contributed by atoms with E-state index < -0.39 is 0 Å². The molecule has 3 N–H and O–H groups in total. The lowest BCUT2D eigenvalue weighted by atomic mass is 10.1. The minimum atomic E-state index is 0.0452. The highest BCUT2D eigenvalue weighted by atomic mass is 16.1. The van der Waals surface area contributed by atoms with Gasteiger partial charge in [0.2, 0.25) is 5.91 Å². The second-order valence-electron chi connectivity index (χ2n) is 4.28. The molecule has 0 aromatic heterocycles. The normalized spacial score (nSPS) is 12.9. The molecule has 0 spiro atoms. The van der Waals surface area contributed by atoms with E-state index in [1.54, 1.807) is 0 Å². The van der Waals surface area contributed by atoms with Crippen LogP contribution in [0.4, 0.5) is 0 Å². The molecule has 0 aliphatic carbocycles. The van der Waals surface area contributed by atoms with E-state index in [-0.39, 0.29) is 11.8 Å². The van der Waals surface area contributed by atoms with Gasteiger partial charge in [-0.1, -0.05) is 6.92 Å². The molecular weight excluding hydrogens is 190 g/mol. The van der Waals surface area contributed by atoms with E-state index in [4.69, 9.17) is 5.73 Å². The van der Waals surface area contributed by atoms with E-state index in [9.17, 15) is 4.79 Å². The van der Waals surface area contributed by atoms with Gasteiger partial charge < -0.3 is 16.0 Å². The molecule has 90 valence electrons. The molecule has 15 heavy (non-hydrogen) atoms. The minimum Gasteiger partial charge on any atom is -0.356 e. The van der Waals surface area contributed by atoms with Crippen molar-refractivity contribution in [2.45, 2.75) is 26.2 Å². The number of nitrogens with one attached hydrogen (secondary N) is 1. The number of unbranched alkanes of at least 4 members (excludes halogenated alkanes) is 1. The highest BCUT2D eigenvalue weighted by Gasteiger charge is 2.10. The molecule has 0 radical (unpaired) electrons. The first-order valence-electron chi connectivity index (χ1n) is 5.70. The molecule has 0 rings (SSSR count). The number of hydrogen-bond donors (Lipinski definition) is 2. The quantitative estimate of drug-likeness (QED) is 0.577. The molecule has 0 aromatic rings. The summed E-state index contributed by atoms with van der Waals surface area (Å²) in [5.41, 5.74) is 5.39. The average molecular weight is 215 g/mol. The smallest absolute Gasteiger partial charge is 0.222 e. The molecule has 0 aliphatic heterocycles. The van der Waals surface area contributed by atoms with Gasteiger partial charge in [-0.15, -0.1) is 0 Å². The van der Waals surface area contributed by atoms with Crippen LogP contribution in [0, 0.1) is 5.92 Å². The van der Waals surface area contributed by atoms with E-state index >= 15 is 0 Å². The first kappa shape index (κ1) is 14.4. The van der Waals surface area contributed by atoms with Crippen LogP contribution in [0.25, 0.3) is 0 Å². The maximum Gasteiger partial charge on any atom is 0.222 e. The zero-order chi connectivity index (χ0) is 11.7. The van der Waals surface area contributed by atoms with E-state index in [1.807, 2.05) is 6.92 Å². The van der Waals surface area contributed by atoms with Gasteiger partial charge in [-0.3, -0.25) is 4.79 Å². The summed E-state index contributed by atoms with van der Waals surface area (Å²) in [6.07, 6.45) is 2.93. The van der Waals surface area contributed by atoms with Crippen LogP contribution in [0.5, 0.6) is 0 Å². The summed E-state index contributed by atoms with van der Waals surface area (Å²) in [6.45, 7) is 4.35. The van der Waals surface area contributed by atoms with Crippen LogP contribution >= 0.6 is 0 Å². The van der Waals surface area contributed by atoms with Crippen molar-refractivity contribution in [2.75, 3.05) is 33.7 Å². The SMILES string of the molecule is CC(CCN)C(=O)NCCCCN(C)C. The molecule has 1 unspecified atom stereocenters. The zero-order valence-electron chi connectivity index (χ0n) is 10.3. The molecule has 1 atom stereocenters. The standard InChI is InChI=1S/C11H25N3O/c1-10(6-7-12)11(15)13-8-4-5-9-14(2)3/h10H,4-9,12H2,1-3H3,(H,13,15). The second kappa shape index (κ2) is 8.68. The molecule has 0 saturated heterocycles. The number of carbonyl (C=O) groups is 1. The lowest BCUT2D eigenvalue weighted by molar-refractivity contribution is -0.124. The van der Waals surface area contributed by atoms with Crippen molar-refractivity contribution in [3.8, 4) is 0 Å². The van der Waals surface area contributed by atoms with Gasteiger partial charge in [0.1, 0.15) is 0 Å². The summed E-state index contributed by atoms with van der Waals surface area (Å²) < 4.78 is 0. The van der Waals surface area contributed by atoms with Crippen molar-refractivity contribution < 1.29 is 4.79 Å². The van der Waals surface area contributed by atoms with Crippen LogP contribution in [-0.2, 0) is 4.79 Å². The third-order valence-corrected chi connectivity index (χ3v) is 2.38. The Morgan fingerprint density at radius 3 is 2.60 bits per heavy atom. The summed E-state index contributed by atoms with van der Waals surface area (Å²) >= 11 is 0. The van der Waals surface area contributed by atoms with Crippen molar-refractivity contribution in [1.29, 1.82) is 0 Å². The molecule has 0 bridgehead atoms. The highest BCUT2D eigenvalue weighted by Crippen LogP contribution is 1.99. The Morgan fingerprint density at radius 2 is 2.07 bits per heavy atom.